The van der Waals surface area contributed by atoms with E-state index in [1.54, 1.807) is 18.2 Å². The van der Waals surface area contributed by atoms with Gasteiger partial charge in [0, 0.05) is 18.9 Å². The lowest BCUT2D eigenvalue weighted by atomic mass is 9.86. The van der Waals surface area contributed by atoms with Crippen LogP contribution < -0.4 is 0 Å². The lowest BCUT2D eigenvalue weighted by Gasteiger charge is -2.42. The van der Waals surface area contributed by atoms with Gasteiger partial charge in [0.1, 0.15) is 0 Å². The van der Waals surface area contributed by atoms with E-state index in [-0.39, 0.29) is 0 Å². The third kappa shape index (κ3) is 4.67. The van der Waals surface area contributed by atoms with E-state index in [9.17, 15) is 31.5 Å². The first-order valence-electron chi connectivity index (χ1n) is 7.48. The molecule has 0 radical (unpaired) electrons. The van der Waals surface area contributed by atoms with Gasteiger partial charge in [-0.05, 0) is 5.56 Å². The van der Waals surface area contributed by atoms with E-state index in [0.717, 1.165) is 4.90 Å². The number of piperidine rings is 1. The fourth-order valence-corrected chi connectivity index (χ4v) is 2.65. The first kappa shape index (κ1) is 19.1. The summed E-state index contributed by atoms with van der Waals surface area (Å²) in [5, 5.41) is 0. The van der Waals surface area contributed by atoms with Crippen LogP contribution in [0.3, 0.4) is 0 Å². The number of benzene rings is 1. The highest BCUT2D eigenvalue weighted by molar-refractivity contribution is 6.32. The second-order valence-corrected chi connectivity index (χ2v) is 5.94. The molecule has 0 saturated carbocycles. The van der Waals surface area contributed by atoms with Crippen molar-refractivity contribution < 1.29 is 36.3 Å². The van der Waals surface area contributed by atoms with Crippen molar-refractivity contribution in [2.75, 3.05) is 13.2 Å². The van der Waals surface area contributed by atoms with Crippen molar-refractivity contribution in [3.05, 3.63) is 35.9 Å². The lowest BCUT2D eigenvalue weighted by molar-refractivity contribution is -0.192. The van der Waals surface area contributed by atoms with Crippen LogP contribution >= 0.6 is 0 Å². The van der Waals surface area contributed by atoms with Crippen LogP contribution in [0.4, 0.5) is 22.0 Å². The number of rotatable bonds is 2. The van der Waals surface area contributed by atoms with Crippen LogP contribution in [0.5, 0.6) is 0 Å². The van der Waals surface area contributed by atoms with Gasteiger partial charge in [-0.1, -0.05) is 37.3 Å². The predicted octanol–water partition coefficient (Wildman–Crippen LogP) is 3.34. The summed E-state index contributed by atoms with van der Waals surface area (Å²) in [7, 11) is 0. The van der Waals surface area contributed by atoms with Crippen LogP contribution in [-0.4, -0.2) is 42.0 Å². The maximum absolute atomic E-state index is 14.1. The Hall–Kier alpha value is -2.19. The summed E-state index contributed by atoms with van der Waals surface area (Å²) in [4.78, 5) is 24.7. The summed E-state index contributed by atoms with van der Waals surface area (Å²) in [5.74, 6) is -7.39. The van der Waals surface area contributed by atoms with Gasteiger partial charge in [0.2, 0.25) is 0 Å². The molecule has 1 fully saturated rings. The van der Waals surface area contributed by atoms with Crippen molar-refractivity contribution in [2.45, 2.75) is 31.5 Å². The molecule has 1 aromatic carbocycles. The van der Waals surface area contributed by atoms with Gasteiger partial charge in [-0.3, -0.25) is 4.79 Å². The maximum Gasteiger partial charge on any atom is 0.422 e. The smallest absolute Gasteiger partial charge is 0.422 e. The van der Waals surface area contributed by atoms with Crippen molar-refractivity contribution >= 4 is 11.9 Å². The Labute approximate surface area is 140 Å². The van der Waals surface area contributed by atoms with Gasteiger partial charge in [0.25, 0.3) is 5.92 Å². The van der Waals surface area contributed by atoms with E-state index >= 15 is 0 Å². The van der Waals surface area contributed by atoms with Gasteiger partial charge in [0.15, 0.2) is 6.61 Å². The normalized spacial score (nSPS) is 23.2. The molecule has 2 unspecified atom stereocenters. The van der Waals surface area contributed by atoms with E-state index in [2.05, 4.69) is 4.74 Å². The summed E-state index contributed by atoms with van der Waals surface area (Å²) in [6.07, 6.45) is -5.51. The molecule has 0 bridgehead atoms. The minimum atomic E-state index is -4.78. The van der Waals surface area contributed by atoms with Crippen LogP contribution in [0.1, 0.15) is 24.9 Å². The fraction of sp³-hybridized carbons (Fsp3) is 0.500. The van der Waals surface area contributed by atoms with Gasteiger partial charge >= 0.3 is 18.1 Å². The number of carbonyl (C=O) groups excluding carboxylic acids is 2. The van der Waals surface area contributed by atoms with E-state index in [1.807, 2.05) is 0 Å². The molecule has 2 atom stereocenters. The predicted molar refractivity (Wildman–Crippen MR) is 76.6 cm³/mol. The van der Waals surface area contributed by atoms with Crippen molar-refractivity contribution in [3.63, 3.8) is 0 Å². The SMILES string of the molecule is CC1CN(C(=O)C(=O)OCC(F)(F)F)C(c2ccccc2)CC1(F)F. The maximum atomic E-state index is 14.1. The minimum Gasteiger partial charge on any atom is -0.449 e. The molecule has 1 aromatic rings. The number of nitrogens with zero attached hydrogens (tertiary/aromatic N) is 1. The molecule has 4 nitrogen and oxygen atoms in total. The van der Waals surface area contributed by atoms with Gasteiger partial charge in [0.05, 0.1) is 6.04 Å². The zero-order valence-electron chi connectivity index (χ0n) is 13.2. The van der Waals surface area contributed by atoms with Gasteiger partial charge in [-0.2, -0.15) is 13.2 Å². The number of likely N-dealkylation sites (tertiary alicyclic amines) is 1. The second kappa shape index (κ2) is 6.97. The number of esters is 1. The molecule has 138 valence electrons. The zero-order chi connectivity index (χ0) is 18.8. The Morgan fingerprint density at radius 1 is 1.24 bits per heavy atom. The monoisotopic (exact) mass is 365 g/mol. The van der Waals surface area contributed by atoms with Crippen molar-refractivity contribution in [1.82, 2.24) is 4.90 Å². The Morgan fingerprint density at radius 2 is 1.84 bits per heavy atom. The molecule has 1 saturated heterocycles. The molecular weight excluding hydrogens is 349 g/mol. The average molecular weight is 365 g/mol. The summed E-state index contributed by atoms with van der Waals surface area (Å²) in [6, 6.07) is 6.71. The van der Waals surface area contributed by atoms with Crippen molar-refractivity contribution in [2.24, 2.45) is 5.92 Å². The number of halogens is 5. The fourth-order valence-electron chi connectivity index (χ4n) is 2.65. The largest absolute Gasteiger partial charge is 0.449 e. The quantitative estimate of drug-likeness (QED) is 0.459. The standard InChI is InChI=1S/C16H16F5NO3/c1-10-8-22(13(23)14(24)25-9-16(19,20)21)12(7-15(10,17)18)11-5-3-2-4-6-11/h2-6,10,12H,7-9H2,1H3. The van der Waals surface area contributed by atoms with Crippen LogP contribution in [0.25, 0.3) is 0 Å². The minimum absolute atomic E-state index is 0.367. The Morgan fingerprint density at radius 3 is 2.40 bits per heavy atom. The number of ether oxygens (including phenoxy) is 1. The zero-order valence-corrected chi connectivity index (χ0v) is 13.2. The molecule has 0 aromatic heterocycles. The summed E-state index contributed by atoms with van der Waals surface area (Å²) < 4.78 is 68.5. The number of carbonyl (C=O) groups is 2. The third-order valence-corrected chi connectivity index (χ3v) is 4.02. The van der Waals surface area contributed by atoms with Gasteiger partial charge in [-0.15, -0.1) is 0 Å². The molecule has 0 N–H and O–H groups in total. The molecule has 1 amide bonds. The van der Waals surface area contributed by atoms with Crippen LogP contribution in [-0.2, 0) is 14.3 Å². The molecule has 2 rings (SSSR count). The van der Waals surface area contributed by atoms with Crippen LogP contribution in [0.15, 0.2) is 30.3 Å². The topological polar surface area (TPSA) is 46.6 Å². The Balaban J connectivity index is 2.22. The highest BCUT2D eigenvalue weighted by atomic mass is 19.4. The molecule has 1 aliphatic rings. The molecule has 0 aliphatic carbocycles. The molecular formula is C16H16F5NO3. The molecule has 25 heavy (non-hydrogen) atoms. The van der Waals surface area contributed by atoms with E-state index in [4.69, 9.17) is 0 Å². The van der Waals surface area contributed by atoms with E-state index in [0.29, 0.717) is 5.56 Å². The lowest BCUT2D eigenvalue weighted by Crippen LogP contribution is -2.52. The third-order valence-electron chi connectivity index (χ3n) is 4.02. The highest BCUT2D eigenvalue weighted by Crippen LogP contribution is 2.43. The van der Waals surface area contributed by atoms with Gasteiger partial charge < -0.3 is 9.64 Å². The highest BCUT2D eigenvalue weighted by Gasteiger charge is 2.49. The summed E-state index contributed by atoms with van der Waals surface area (Å²) >= 11 is 0. The van der Waals surface area contributed by atoms with Crippen LogP contribution in [0, 0.1) is 5.92 Å². The molecule has 0 spiro atoms. The van der Waals surface area contributed by atoms with Crippen LogP contribution in [0.2, 0.25) is 0 Å². The number of alkyl halides is 5. The Bertz CT molecular complexity index is 632. The number of hydrogen-bond donors (Lipinski definition) is 0. The van der Waals surface area contributed by atoms with Crippen molar-refractivity contribution in [3.8, 4) is 0 Å². The molecule has 9 heteroatoms. The summed E-state index contributed by atoms with van der Waals surface area (Å²) in [5.41, 5.74) is 0.367. The second-order valence-electron chi connectivity index (χ2n) is 5.94. The molecule has 1 aliphatic heterocycles. The number of amides is 1. The first-order chi connectivity index (χ1) is 11.5. The molecule has 1 heterocycles. The van der Waals surface area contributed by atoms with Crippen molar-refractivity contribution in [1.29, 1.82) is 0 Å². The number of hydrogen-bond acceptors (Lipinski definition) is 3. The van der Waals surface area contributed by atoms with Gasteiger partial charge in [-0.25, -0.2) is 13.6 Å². The summed E-state index contributed by atoms with van der Waals surface area (Å²) in [6.45, 7) is -1.16. The Kier molecular flexibility index (Phi) is 5.34. The van der Waals surface area contributed by atoms with E-state index in [1.165, 1.54) is 19.1 Å². The van der Waals surface area contributed by atoms with E-state index < -0.39 is 55.5 Å². The average Bonchev–Trinajstić information content (AvgIpc) is 2.54. The first-order valence-corrected chi connectivity index (χ1v) is 7.48.